The number of nitrogens with zero attached hydrogens (tertiary/aromatic N) is 2. The number of hydrogen-bond donors (Lipinski definition) is 1. The second kappa shape index (κ2) is 5.17. The molecule has 0 unspecified atom stereocenters. The van der Waals surface area contributed by atoms with Crippen molar-refractivity contribution in [3.63, 3.8) is 0 Å². The standard InChI is InChI=1S/C17H20N2O/c1-13(20)14-7-3-4-8-15(14)19-12-11-18(2)16-9-5-6-10-17(16)19/h3-10,13,20H,11-12H2,1-2H3/t13-/m0/s1. The van der Waals surface area contributed by atoms with Gasteiger partial charge in [-0.05, 0) is 25.1 Å². The molecule has 0 spiro atoms. The van der Waals surface area contributed by atoms with E-state index in [1.807, 2.05) is 25.1 Å². The molecule has 1 aliphatic rings. The van der Waals surface area contributed by atoms with Gasteiger partial charge in [-0.25, -0.2) is 0 Å². The van der Waals surface area contributed by atoms with E-state index in [4.69, 9.17) is 0 Å². The molecule has 1 heterocycles. The third-order valence-electron chi connectivity index (χ3n) is 3.92. The lowest BCUT2D eigenvalue weighted by molar-refractivity contribution is 0.199. The van der Waals surface area contributed by atoms with Gasteiger partial charge in [-0.3, -0.25) is 0 Å². The second-order valence-corrected chi connectivity index (χ2v) is 5.30. The molecule has 3 rings (SSSR count). The molecule has 104 valence electrons. The minimum Gasteiger partial charge on any atom is -0.389 e. The summed E-state index contributed by atoms with van der Waals surface area (Å²) in [6, 6.07) is 16.5. The van der Waals surface area contributed by atoms with Gasteiger partial charge in [-0.2, -0.15) is 0 Å². The fourth-order valence-corrected chi connectivity index (χ4v) is 2.84. The Hall–Kier alpha value is -2.00. The maximum absolute atomic E-state index is 10.00. The highest BCUT2D eigenvalue weighted by atomic mass is 16.3. The van der Waals surface area contributed by atoms with Crippen molar-refractivity contribution in [3.05, 3.63) is 54.1 Å². The maximum Gasteiger partial charge on any atom is 0.0782 e. The van der Waals surface area contributed by atoms with Gasteiger partial charge in [-0.1, -0.05) is 30.3 Å². The van der Waals surface area contributed by atoms with E-state index in [1.165, 1.54) is 11.4 Å². The predicted molar refractivity (Wildman–Crippen MR) is 83.8 cm³/mol. The Labute approximate surface area is 120 Å². The van der Waals surface area contributed by atoms with Crippen LogP contribution in [-0.2, 0) is 0 Å². The van der Waals surface area contributed by atoms with E-state index in [2.05, 4.69) is 47.2 Å². The molecule has 0 saturated carbocycles. The first kappa shape index (κ1) is 13.0. The Morgan fingerprint density at radius 2 is 1.50 bits per heavy atom. The molecule has 2 aromatic rings. The van der Waals surface area contributed by atoms with Crippen LogP contribution in [0.3, 0.4) is 0 Å². The fourth-order valence-electron chi connectivity index (χ4n) is 2.84. The van der Waals surface area contributed by atoms with E-state index >= 15 is 0 Å². The SMILES string of the molecule is C[C@H](O)c1ccccc1N1CCN(C)c2ccccc21. The average Bonchev–Trinajstić information content (AvgIpc) is 2.48. The molecular formula is C17H20N2O. The maximum atomic E-state index is 10.00. The Bertz CT molecular complexity index is 609. The van der Waals surface area contributed by atoms with Gasteiger partial charge in [0.05, 0.1) is 17.5 Å². The van der Waals surface area contributed by atoms with Crippen molar-refractivity contribution >= 4 is 17.1 Å². The third kappa shape index (κ3) is 2.14. The van der Waals surface area contributed by atoms with Crippen LogP contribution in [0.4, 0.5) is 17.1 Å². The number of benzene rings is 2. The molecule has 3 nitrogen and oxygen atoms in total. The van der Waals surface area contributed by atoms with Crippen LogP contribution in [0, 0.1) is 0 Å². The zero-order chi connectivity index (χ0) is 14.1. The van der Waals surface area contributed by atoms with Gasteiger partial charge < -0.3 is 14.9 Å². The van der Waals surface area contributed by atoms with Crippen molar-refractivity contribution in [2.24, 2.45) is 0 Å². The highest BCUT2D eigenvalue weighted by molar-refractivity contribution is 5.80. The van der Waals surface area contributed by atoms with Crippen LogP contribution in [0.25, 0.3) is 0 Å². The lowest BCUT2D eigenvalue weighted by atomic mass is 10.0. The number of anilines is 3. The summed E-state index contributed by atoms with van der Waals surface area (Å²) < 4.78 is 0. The summed E-state index contributed by atoms with van der Waals surface area (Å²) in [5.74, 6) is 0. The largest absolute Gasteiger partial charge is 0.389 e. The van der Waals surface area contributed by atoms with Crippen molar-refractivity contribution in [2.45, 2.75) is 13.0 Å². The van der Waals surface area contributed by atoms with Crippen LogP contribution in [0.5, 0.6) is 0 Å². The molecule has 0 fully saturated rings. The smallest absolute Gasteiger partial charge is 0.0782 e. The highest BCUT2D eigenvalue weighted by Crippen LogP contribution is 2.39. The minimum absolute atomic E-state index is 0.460. The lowest BCUT2D eigenvalue weighted by Crippen LogP contribution is -2.36. The first-order valence-electron chi connectivity index (χ1n) is 7.03. The Morgan fingerprint density at radius 3 is 2.20 bits per heavy atom. The molecule has 0 bridgehead atoms. The summed E-state index contributed by atoms with van der Waals surface area (Å²) in [7, 11) is 2.12. The van der Waals surface area contributed by atoms with Crippen molar-refractivity contribution in [2.75, 3.05) is 29.9 Å². The van der Waals surface area contributed by atoms with Crippen molar-refractivity contribution < 1.29 is 5.11 Å². The second-order valence-electron chi connectivity index (χ2n) is 5.30. The summed E-state index contributed by atoms with van der Waals surface area (Å²) in [4.78, 5) is 4.58. The zero-order valence-electron chi connectivity index (χ0n) is 12.0. The molecule has 1 atom stereocenters. The monoisotopic (exact) mass is 268 g/mol. The fraction of sp³-hybridized carbons (Fsp3) is 0.294. The van der Waals surface area contributed by atoms with Gasteiger partial charge in [0.25, 0.3) is 0 Å². The molecule has 0 radical (unpaired) electrons. The Morgan fingerprint density at radius 1 is 0.900 bits per heavy atom. The topological polar surface area (TPSA) is 26.7 Å². The first-order chi connectivity index (χ1) is 9.68. The van der Waals surface area contributed by atoms with Gasteiger partial charge >= 0.3 is 0 Å². The zero-order valence-corrected chi connectivity index (χ0v) is 12.0. The van der Waals surface area contributed by atoms with Crippen LogP contribution in [0.2, 0.25) is 0 Å². The van der Waals surface area contributed by atoms with Crippen LogP contribution < -0.4 is 9.80 Å². The number of likely N-dealkylation sites (N-methyl/N-ethyl adjacent to an activating group) is 1. The number of hydrogen-bond acceptors (Lipinski definition) is 3. The number of aliphatic hydroxyl groups is 1. The molecule has 0 saturated heterocycles. The van der Waals surface area contributed by atoms with Gasteiger partial charge in [-0.15, -0.1) is 0 Å². The minimum atomic E-state index is -0.460. The van der Waals surface area contributed by atoms with Crippen molar-refractivity contribution in [3.8, 4) is 0 Å². The summed E-state index contributed by atoms with van der Waals surface area (Å²) in [5.41, 5.74) is 4.52. The van der Waals surface area contributed by atoms with Crippen LogP contribution in [-0.4, -0.2) is 25.2 Å². The highest BCUT2D eigenvalue weighted by Gasteiger charge is 2.23. The number of aliphatic hydroxyl groups excluding tert-OH is 1. The van der Waals surface area contributed by atoms with E-state index in [-0.39, 0.29) is 0 Å². The molecular weight excluding hydrogens is 248 g/mol. The molecule has 3 heteroatoms. The molecule has 2 aromatic carbocycles. The predicted octanol–water partition coefficient (Wildman–Crippen LogP) is 3.33. The Kier molecular flexibility index (Phi) is 3.36. The van der Waals surface area contributed by atoms with Crippen LogP contribution in [0.15, 0.2) is 48.5 Å². The van der Waals surface area contributed by atoms with Crippen LogP contribution >= 0.6 is 0 Å². The summed E-state index contributed by atoms with van der Waals surface area (Å²) >= 11 is 0. The van der Waals surface area contributed by atoms with Crippen molar-refractivity contribution in [1.29, 1.82) is 0 Å². The molecule has 1 aliphatic heterocycles. The quantitative estimate of drug-likeness (QED) is 0.905. The van der Waals surface area contributed by atoms with Gasteiger partial charge in [0, 0.05) is 31.4 Å². The molecule has 0 amide bonds. The lowest BCUT2D eigenvalue weighted by Gasteiger charge is -2.38. The van der Waals surface area contributed by atoms with Crippen LogP contribution in [0.1, 0.15) is 18.6 Å². The number of rotatable bonds is 2. The van der Waals surface area contributed by atoms with E-state index in [1.54, 1.807) is 0 Å². The molecule has 0 aliphatic carbocycles. The van der Waals surface area contributed by atoms with Gasteiger partial charge in [0.2, 0.25) is 0 Å². The first-order valence-corrected chi connectivity index (χ1v) is 7.03. The third-order valence-corrected chi connectivity index (χ3v) is 3.92. The van der Waals surface area contributed by atoms with E-state index in [0.717, 1.165) is 24.3 Å². The average molecular weight is 268 g/mol. The van der Waals surface area contributed by atoms with Crippen molar-refractivity contribution in [1.82, 2.24) is 0 Å². The normalized spacial score (nSPS) is 15.9. The molecule has 1 N–H and O–H groups in total. The number of para-hydroxylation sites is 3. The van der Waals surface area contributed by atoms with E-state index < -0.39 is 6.10 Å². The summed E-state index contributed by atoms with van der Waals surface area (Å²) in [6.45, 7) is 3.73. The van der Waals surface area contributed by atoms with Gasteiger partial charge in [0.15, 0.2) is 0 Å². The van der Waals surface area contributed by atoms with Gasteiger partial charge in [0.1, 0.15) is 0 Å². The van der Waals surface area contributed by atoms with E-state index in [9.17, 15) is 5.11 Å². The summed E-state index contributed by atoms with van der Waals surface area (Å²) in [5, 5.41) is 10.00. The molecule has 20 heavy (non-hydrogen) atoms. The molecule has 0 aromatic heterocycles. The van der Waals surface area contributed by atoms with E-state index in [0.29, 0.717) is 0 Å². The Balaban J connectivity index is 2.11. The summed E-state index contributed by atoms with van der Waals surface area (Å²) in [6.07, 6.45) is -0.460. The number of fused-ring (bicyclic) bond motifs is 1.